The van der Waals surface area contributed by atoms with Gasteiger partial charge in [-0.3, -0.25) is 0 Å². The summed E-state index contributed by atoms with van der Waals surface area (Å²) in [5.74, 6) is -0.524. The minimum Gasteiger partial charge on any atom is -0.464 e. The average Bonchev–Trinajstić information content (AvgIpc) is 2.44. The highest BCUT2D eigenvalue weighted by Crippen LogP contribution is 2.36. The number of pyridine rings is 1. The van der Waals surface area contributed by atoms with Crippen LogP contribution in [0.2, 0.25) is 10.0 Å². The predicted molar refractivity (Wildman–Crippen MR) is 80.6 cm³/mol. The fraction of sp³-hybridized carbons (Fsp3) is 0.0769. The zero-order valence-corrected chi connectivity index (χ0v) is 12.7. The molecule has 0 aliphatic heterocycles. The van der Waals surface area contributed by atoms with Crippen molar-refractivity contribution in [2.45, 2.75) is 9.92 Å². The van der Waals surface area contributed by atoms with Crippen molar-refractivity contribution in [1.82, 2.24) is 4.98 Å². The lowest BCUT2D eigenvalue weighted by molar-refractivity contribution is 0.0593. The summed E-state index contributed by atoms with van der Waals surface area (Å²) in [4.78, 5) is 16.3. The number of nitrogens with zero attached hydrogens (tertiary/aromatic N) is 1. The van der Waals surface area contributed by atoms with Gasteiger partial charge < -0.3 is 10.5 Å². The molecule has 2 N–H and O–H groups in total. The van der Waals surface area contributed by atoms with Crippen molar-refractivity contribution in [3.05, 3.63) is 46.1 Å². The van der Waals surface area contributed by atoms with E-state index < -0.39 is 5.97 Å². The molecule has 0 bridgehead atoms. The third-order valence-electron chi connectivity index (χ3n) is 2.38. The summed E-state index contributed by atoms with van der Waals surface area (Å²) in [5, 5.41) is 1.56. The summed E-state index contributed by atoms with van der Waals surface area (Å²) in [5.41, 5.74) is 6.48. The van der Waals surface area contributed by atoms with Crippen LogP contribution in [0.1, 0.15) is 10.5 Å². The summed E-state index contributed by atoms with van der Waals surface area (Å²) >= 11 is 13.3. The van der Waals surface area contributed by atoms with E-state index in [4.69, 9.17) is 28.9 Å². The van der Waals surface area contributed by atoms with Gasteiger partial charge in [-0.1, -0.05) is 35.0 Å². The number of hydrogen-bond acceptors (Lipinski definition) is 5. The predicted octanol–water partition coefficient (Wildman–Crippen LogP) is 3.91. The van der Waals surface area contributed by atoms with Crippen molar-refractivity contribution in [1.29, 1.82) is 0 Å². The zero-order valence-electron chi connectivity index (χ0n) is 10.4. The van der Waals surface area contributed by atoms with Gasteiger partial charge in [0, 0.05) is 9.92 Å². The van der Waals surface area contributed by atoms with E-state index in [1.54, 1.807) is 24.3 Å². The molecule has 0 aliphatic rings. The SMILES string of the molecule is COC(=O)c1ccc(N)c(Sc2cc(Cl)ccc2Cl)n1. The first-order valence-electron chi connectivity index (χ1n) is 5.49. The average molecular weight is 329 g/mol. The van der Waals surface area contributed by atoms with Crippen molar-refractivity contribution >= 4 is 46.6 Å². The number of ether oxygens (including phenoxy) is 1. The fourth-order valence-electron chi connectivity index (χ4n) is 1.41. The van der Waals surface area contributed by atoms with Crippen LogP contribution in [0, 0.1) is 0 Å². The minimum absolute atomic E-state index is 0.183. The van der Waals surface area contributed by atoms with E-state index in [1.165, 1.54) is 24.9 Å². The molecule has 0 aliphatic carbocycles. The highest BCUT2D eigenvalue weighted by Gasteiger charge is 2.13. The molecule has 1 aromatic heterocycles. The lowest BCUT2D eigenvalue weighted by atomic mass is 10.3. The van der Waals surface area contributed by atoms with Crippen molar-refractivity contribution in [2.24, 2.45) is 0 Å². The van der Waals surface area contributed by atoms with Crippen molar-refractivity contribution < 1.29 is 9.53 Å². The lowest BCUT2D eigenvalue weighted by Gasteiger charge is -2.08. The topological polar surface area (TPSA) is 65.2 Å². The number of hydrogen-bond donors (Lipinski definition) is 1. The molecular weight excluding hydrogens is 319 g/mol. The number of rotatable bonds is 3. The summed E-state index contributed by atoms with van der Waals surface area (Å²) in [7, 11) is 1.29. The van der Waals surface area contributed by atoms with Crippen LogP contribution in [0.3, 0.4) is 0 Å². The van der Waals surface area contributed by atoms with Crippen LogP contribution in [0.15, 0.2) is 40.3 Å². The number of anilines is 1. The molecule has 0 radical (unpaired) electrons. The first kappa shape index (κ1) is 15.0. The highest BCUT2D eigenvalue weighted by molar-refractivity contribution is 7.99. The van der Waals surface area contributed by atoms with Crippen LogP contribution < -0.4 is 5.73 Å². The summed E-state index contributed by atoms with van der Waals surface area (Å²) in [6, 6.07) is 8.19. The van der Waals surface area contributed by atoms with E-state index in [0.717, 1.165) is 0 Å². The molecule has 0 spiro atoms. The van der Waals surface area contributed by atoms with Crippen LogP contribution in [0.25, 0.3) is 0 Å². The number of carbonyl (C=O) groups excluding carboxylic acids is 1. The maximum atomic E-state index is 11.5. The van der Waals surface area contributed by atoms with Gasteiger partial charge >= 0.3 is 5.97 Å². The second kappa shape index (κ2) is 6.35. The van der Waals surface area contributed by atoms with Gasteiger partial charge in [-0.05, 0) is 30.3 Å². The Labute approximate surface area is 130 Å². The van der Waals surface area contributed by atoms with E-state index in [1.807, 2.05) is 0 Å². The molecule has 0 fully saturated rings. The van der Waals surface area contributed by atoms with Gasteiger partial charge in [-0.2, -0.15) is 0 Å². The molecule has 0 atom stereocenters. The Morgan fingerprint density at radius 1 is 1.30 bits per heavy atom. The Morgan fingerprint density at radius 3 is 2.75 bits per heavy atom. The number of benzene rings is 1. The molecule has 2 aromatic rings. The summed E-state index contributed by atoms with van der Waals surface area (Å²) < 4.78 is 4.63. The third-order valence-corrected chi connectivity index (χ3v) is 4.14. The lowest BCUT2D eigenvalue weighted by Crippen LogP contribution is -2.05. The molecule has 0 saturated carbocycles. The molecule has 1 aromatic carbocycles. The second-order valence-corrected chi connectivity index (χ2v) is 5.63. The van der Waals surface area contributed by atoms with Gasteiger partial charge in [-0.25, -0.2) is 9.78 Å². The number of halogens is 2. The van der Waals surface area contributed by atoms with Crippen LogP contribution in [-0.4, -0.2) is 18.1 Å². The van der Waals surface area contributed by atoms with E-state index in [-0.39, 0.29) is 5.69 Å². The van der Waals surface area contributed by atoms with Crippen LogP contribution in [0.5, 0.6) is 0 Å². The van der Waals surface area contributed by atoms with Gasteiger partial charge in [-0.15, -0.1) is 0 Å². The second-order valence-electron chi connectivity index (χ2n) is 3.76. The summed E-state index contributed by atoms with van der Waals surface area (Å²) in [6.45, 7) is 0. The Bertz CT molecular complexity index is 665. The van der Waals surface area contributed by atoms with Crippen molar-refractivity contribution in [2.75, 3.05) is 12.8 Å². The Morgan fingerprint density at radius 2 is 2.05 bits per heavy atom. The van der Waals surface area contributed by atoms with Gasteiger partial charge in [0.15, 0.2) is 0 Å². The first-order chi connectivity index (χ1) is 9.51. The van der Waals surface area contributed by atoms with Crippen molar-refractivity contribution in [3.8, 4) is 0 Å². The largest absolute Gasteiger partial charge is 0.464 e. The number of methoxy groups -OCH3 is 1. The quantitative estimate of drug-likeness (QED) is 0.865. The van der Waals surface area contributed by atoms with Crippen LogP contribution in [0.4, 0.5) is 5.69 Å². The molecule has 0 unspecified atom stereocenters. The van der Waals surface area contributed by atoms with Gasteiger partial charge in [0.1, 0.15) is 10.7 Å². The molecule has 7 heteroatoms. The highest BCUT2D eigenvalue weighted by atomic mass is 35.5. The molecule has 0 saturated heterocycles. The monoisotopic (exact) mass is 328 g/mol. The number of esters is 1. The number of nitrogen functional groups attached to an aromatic ring is 1. The van der Waals surface area contributed by atoms with Crippen LogP contribution in [-0.2, 0) is 4.74 Å². The van der Waals surface area contributed by atoms with Gasteiger partial charge in [0.25, 0.3) is 0 Å². The molecule has 4 nitrogen and oxygen atoms in total. The molecule has 2 rings (SSSR count). The molecule has 20 heavy (non-hydrogen) atoms. The fourth-order valence-corrected chi connectivity index (χ4v) is 2.77. The maximum absolute atomic E-state index is 11.5. The Balaban J connectivity index is 2.37. The Hall–Kier alpha value is -1.43. The van der Waals surface area contributed by atoms with Crippen LogP contribution >= 0.6 is 35.0 Å². The van der Waals surface area contributed by atoms with Gasteiger partial charge in [0.05, 0.1) is 17.8 Å². The first-order valence-corrected chi connectivity index (χ1v) is 7.06. The molecular formula is C13H10Cl2N2O2S. The smallest absolute Gasteiger partial charge is 0.356 e. The number of aromatic nitrogens is 1. The molecule has 104 valence electrons. The standard InChI is InChI=1S/C13H10Cl2N2O2S/c1-19-13(18)10-5-4-9(16)12(17-10)20-11-6-7(14)2-3-8(11)15/h2-6H,16H2,1H3. The number of nitrogens with two attached hydrogens (primary N) is 1. The van der Waals surface area contributed by atoms with Gasteiger partial charge in [0.2, 0.25) is 0 Å². The molecule has 1 heterocycles. The maximum Gasteiger partial charge on any atom is 0.356 e. The van der Waals surface area contributed by atoms with E-state index >= 15 is 0 Å². The van der Waals surface area contributed by atoms with E-state index in [9.17, 15) is 4.79 Å². The summed E-state index contributed by atoms with van der Waals surface area (Å²) in [6.07, 6.45) is 0. The van der Waals surface area contributed by atoms with Crippen molar-refractivity contribution in [3.63, 3.8) is 0 Å². The Kier molecular flexibility index (Phi) is 4.75. The molecule has 0 amide bonds. The number of carbonyl (C=O) groups is 1. The third kappa shape index (κ3) is 3.36. The minimum atomic E-state index is -0.524. The zero-order chi connectivity index (χ0) is 14.7. The van der Waals surface area contributed by atoms with E-state index in [0.29, 0.717) is 25.7 Å². The van der Waals surface area contributed by atoms with E-state index in [2.05, 4.69) is 9.72 Å². The normalized spacial score (nSPS) is 10.3.